The highest BCUT2D eigenvalue weighted by atomic mass is 16.4. The number of aromatic nitrogens is 2. The van der Waals surface area contributed by atoms with Crippen LogP contribution in [0.3, 0.4) is 0 Å². The van der Waals surface area contributed by atoms with E-state index < -0.39 is 0 Å². The summed E-state index contributed by atoms with van der Waals surface area (Å²) in [5.41, 5.74) is 0.626. The molecule has 1 N–H and O–H groups in total. The molecule has 2 saturated heterocycles. The summed E-state index contributed by atoms with van der Waals surface area (Å²) in [6.45, 7) is 5.47. The Morgan fingerprint density at radius 2 is 1.87 bits per heavy atom. The molecule has 8 heteroatoms. The molecule has 2 atom stereocenters. The average molecular weight is 426 g/mol. The van der Waals surface area contributed by atoms with E-state index in [0.29, 0.717) is 49.3 Å². The van der Waals surface area contributed by atoms with Gasteiger partial charge >= 0.3 is 0 Å². The second-order valence-corrected chi connectivity index (χ2v) is 8.85. The van der Waals surface area contributed by atoms with E-state index in [4.69, 9.17) is 4.42 Å². The molecule has 31 heavy (non-hydrogen) atoms. The topological polar surface area (TPSA) is 91.6 Å². The number of likely N-dealkylation sites (tertiary alicyclic amines) is 2. The van der Waals surface area contributed by atoms with Gasteiger partial charge in [0.25, 0.3) is 5.91 Å². The Balaban J connectivity index is 1.40. The fourth-order valence-electron chi connectivity index (χ4n) is 4.58. The molecule has 1 aromatic carbocycles. The maximum Gasteiger partial charge on any atom is 0.251 e. The molecule has 0 saturated carbocycles. The SMILES string of the molecule is Cc1nnc([C@H]2CN(C(=O)CC3CCN(C)CC3)C[C@@H]2CNC(=O)c2ccccc2)o1. The van der Waals surface area contributed by atoms with Crippen molar-refractivity contribution < 1.29 is 14.0 Å². The number of benzene rings is 1. The molecule has 2 fully saturated rings. The highest BCUT2D eigenvalue weighted by Crippen LogP contribution is 2.33. The summed E-state index contributed by atoms with van der Waals surface area (Å²) >= 11 is 0. The lowest BCUT2D eigenvalue weighted by molar-refractivity contribution is -0.131. The first kappa shape index (κ1) is 21.5. The molecule has 2 aromatic rings. The van der Waals surface area contributed by atoms with Gasteiger partial charge in [0.05, 0.1) is 5.92 Å². The zero-order chi connectivity index (χ0) is 21.8. The van der Waals surface area contributed by atoms with Crippen LogP contribution in [0.25, 0.3) is 0 Å². The third-order valence-electron chi connectivity index (χ3n) is 6.51. The molecule has 2 aliphatic rings. The van der Waals surface area contributed by atoms with Crippen LogP contribution >= 0.6 is 0 Å². The Kier molecular flexibility index (Phi) is 6.65. The third-order valence-corrected chi connectivity index (χ3v) is 6.51. The number of nitrogens with zero attached hydrogens (tertiary/aromatic N) is 4. The van der Waals surface area contributed by atoms with Gasteiger partial charge in [0.1, 0.15) is 0 Å². The van der Waals surface area contributed by atoms with Gasteiger partial charge in [0, 0.05) is 44.5 Å². The summed E-state index contributed by atoms with van der Waals surface area (Å²) in [7, 11) is 2.13. The molecule has 0 radical (unpaired) electrons. The average Bonchev–Trinajstić information content (AvgIpc) is 3.40. The van der Waals surface area contributed by atoms with Gasteiger partial charge in [-0.15, -0.1) is 10.2 Å². The van der Waals surface area contributed by atoms with E-state index in [2.05, 4.69) is 27.5 Å². The maximum absolute atomic E-state index is 13.0. The number of carbonyl (C=O) groups is 2. The number of hydrogen-bond acceptors (Lipinski definition) is 6. The van der Waals surface area contributed by atoms with Crippen LogP contribution in [0.1, 0.15) is 47.3 Å². The third kappa shape index (κ3) is 5.31. The summed E-state index contributed by atoms with van der Waals surface area (Å²) in [6.07, 6.45) is 2.73. The lowest BCUT2D eigenvalue weighted by Gasteiger charge is -2.29. The van der Waals surface area contributed by atoms with Crippen LogP contribution in [0.15, 0.2) is 34.7 Å². The first-order chi connectivity index (χ1) is 15.0. The molecule has 0 spiro atoms. The van der Waals surface area contributed by atoms with Crippen LogP contribution < -0.4 is 5.32 Å². The number of carbonyl (C=O) groups excluding carboxylic acids is 2. The number of hydrogen-bond donors (Lipinski definition) is 1. The lowest BCUT2D eigenvalue weighted by atomic mass is 9.93. The van der Waals surface area contributed by atoms with Gasteiger partial charge in [-0.3, -0.25) is 9.59 Å². The zero-order valence-electron chi connectivity index (χ0n) is 18.3. The highest BCUT2D eigenvalue weighted by Gasteiger charge is 2.39. The normalized spacial score (nSPS) is 22.6. The Morgan fingerprint density at radius 3 is 2.55 bits per heavy atom. The minimum Gasteiger partial charge on any atom is -0.425 e. The van der Waals surface area contributed by atoms with Crippen LogP contribution in [0.4, 0.5) is 0 Å². The number of piperidine rings is 1. The van der Waals surface area contributed by atoms with Crippen LogP contribution in [-0.4, -0.2) is 71.6 Å². The summed E-state index contributed by atoms with van der Waals surface area (Å²) in [5.74, 6) is 1.55. The van der Waals surface area contributed by atoms with Gasteiger partial charge in [0.15, 0.2) is 0 Å². The molecule has 3 heterocycles. The van der Waals surface area contributed by atoms with Crippen LogP contribution in [-0.2, 0) is 4.79 Å². The molecule has 2 aliphatic heterocycles. The van der Waals surface area contributed by atoms with Crippen LogP contribution in [0.5, 0.6) is 0 Å². The largest absolute Gasteiger partial charge is 0.425 e. The van der Waals surface area contributed by atoms with E-state index in [1.807, 2.05) is 23.1 Å². The number of rotatable bonds is 6. The molecule has 166 valence electrons. The van der Waals surface area contributed by atoms with E-state index in [1.54, 1.807) is 19.1 Å². The van der Waals surface area contributed by atoms with Crippen molar-refractivity contribution >= 4 is 11.8 Å². The zero-order valence-corrected chi connectivity index (χ0v) is 18.3. The van der Waals surface area contributed by atoms with Gasteiger partial charge < -0.3 is 19.5 Å². The second-order valence-electron chi connectivity index (χ2n) is 8.85. The van der Waals surface area contributed by atoms with Gasteiger partial charge in [0.2, 0.25) is 17.7 Å². The standard InChI is InChI=1S/C23H31N5O3/c1-16-25-26-23(31-16)20-15-28(21(29)12-17-8-10-27(2)11-9-17)14-19(20)13-24-22(30)18-6-4-3-5-7-18/h3-7,17,19-20H,8-15H2,1-2H3,(H,24,30)/t19-,20-/m0/s1. The first-order valence-corrected chi connectivity index (χ1v) is 11.1. The Hall–Kier alpha value is -2.74. The predicted octanol–water partition coefficient (Wildman–Crippen LogP) is 2.08. The van der Waals surface area contributed by atoms with E-state index in [0.717, 1.165) is 25.9 Å². The van der Waals surface area contributed by atoms with Gasteiger partial charge in [-0.25, -0.2) is 0 Å². The van der Waals surface area contributed by atoms with Crippen molar-refractivity contribution in [2.45, 2.75) is 32.1 Å². The number of amides is 2. The monoisotopic (exact) mass is 425 g/mol. The van der Waals surface area contributed by atoms with E-state index >= 15 is 0 Å². The predicted molar refractivity (Wildman–Crippen MR) is 115 cm³/mol. The second kappa shape index (κ2) is 9.60. The van der Waals surface area contributed by atoms with Crippen LogP contribution in [0.2, 0.25) is 0 Å². The first-order valence-electron chi connectivity index (χ1n) is 11.1. The van der Waals surface area contributed by atoms with Crippen LogP contribution in [0, 0.1) is 18.8 Å². The van der Waals surface area contributed by atoms with Gasteiger partial charge in [-0.1, -0.05) is 18.2 Å². The number of aryl methyl sites for hydroxylation is 1. The van der Waals surface area contributed by atoms with Crippen molar-refractivity contribution in [1.29, 1.82) is 0 Å². The molecule has 2 amide bonds. The van der Waals surface area contributed by atoms with Crippen molar-refractivity contribution in [3.8, 4) is 0 Å². The summed E-state index contributed by atoms with van der Waals surface area (Å²) in [6, 6.07) is 9.16. The molecule has 0 unspecified atom stereocenters. The Labute approximate surface area is 183 Å². The van der Waals surface area contributed by atoms with Crippen molar-refractivity contribution in [3.63, 3.8) is 0 Å². The smallest absolute Gasteiger partial charge is 0.251 e. The molecule has 8 nitrogen and oxygen atoms in total. The van der Waals surface area contributed by atoms with E-state index in [1.165, 1.54) is 0 Å². The number of nitrogens with one attached hydrogen (secondary N) is 1. The fraction of sp³-hybridized carbons (Fsp3) is 0.565. The van der Waals surface area contributed by atoms with E-state index in [9.17, 15) is 9.59 Å². The van der Waals surface area contributed by atoms with Crippen molar-refractivity contribution in [2.24, 2.45) is 11.8 Å². The van der Waals surface area contributed by atoms with Gasteiger partial charge in [-0.05, 0) is 51.0 Å². The molecule has 4 rings (SSSR count). The molecular weight excluding hydrogens is 394 g/mol. The lowest BCUT2D eigenvalue weighted by Crippen LogP contribution is -2.36. The highest BCUT2D eigenvalue weighted by molar-refractivity contribution is 5.94. The molecular formula is C23H31N5O3. The minimum absolute atomic E-state index is 0.0361. The van der Waals surface area contributed by atoms with E-state index in [-0.39, 0.29) is 23.7 Å². The Morgan fingerprint density at radius 1 is 1.13 bits per heavy atom. The minimum atomic E-state index is -0.114. The van der Waals surface area contributed by atoms with Crippen molar-refractivity contribution in [3.05, 3.63) is 47.7 Å². The quantitative estimate of drug-likeness (QED) is 0.762. The summed E-state index contributed by atoms with van der Waals surface area (Å²) < 4.78 is 5.70. The maximum atomic E-state index is 13.0. The Bertz CT molecular complexity index is 892. The van der Waals surface area contributed by atoms with Crippen molar-refractivity contribution in [2.75, 3.05) is 39.8 Å². The summed E-state index contributed by atoms with van der Waals surface area (Å²) in [4.78, 5) is 29.8. The molecule has 1 aromatic heterocycles. The van der Waals surface area contributed by atoms with Crippen molar-refractivity contribution in [1.82, 2.24) is 25.3 Å². The molecule has 0 bridgehead atoms. The molecule has 0 aliphatic carbocycles. The van der Waals surface area contributed by atoms with Gasteiger partial charge in [-0.2, -0.15) is 0 Å². The summed E-state index contributed by atoms with van der Waals surface area (Å²) in [5, 5.41) is 11.2. The fourth-order valence-corrected chi connectivity index (χ4v) is 4.58.